The molecular formula is C16H27N. The number of likely N-dealkylation sites (N-methyl/N-ethyl adjacent to an activating group) is 1. The van der Waals surface area contributed by atoms with Crippen LogP contribution in [0.2, 0.25) is 0 Å². The van der Waals surface area contributed by atoms with Gasteiger partial charge in [0.05, 0.1) is 0 Å². The third-order valence-electron chi connectivity index (χ3n) is 5.60. The molecule has 1 heteroatoms. The normalized spacial score (nSPS) is 44.9. The molecule has 0 aliphatic heterocycles. The largest absolute Gasteiger partial charge is 0.310 e. The van der Waals surface area contributed by atoms with Gasteiger partial charge in [0.15, 0.2) is 0 Å². The maximum atomic E-state index is 4.27. The molecule has 0 aromatic carbocycles. The first-order valence-electron chi connectivity index (χ1n) is 7.52. The van der Waals surface area contributed by atoms with Crippen LogP contribution in [0.4, 0.5) is 0 Å². The third kappa shape index (κ3) is 1.87. The molecule has 0 aromatic heterocycles. The minimum absolute atomic E-state index is 0.580. The van der Waals surface area contributed by atoms with Crippen molar-refractivity contribution in [3.05, 3.63) is 12.2 Å². The number of rotatable bonds is 4. The summed E-state index contributed by atoms with van der Waals surface area (Å²) in [6.07, 6.45) is 9.04. The Balaban J connectivity index is 1.87. The second-order valence-electron chi connectivity index (χ2n) is 7.12. The van der Waals surface area contributed by atoms with E-state index in [2.05, 4.69) is 25.7 Å². The Hall–Kier alpha value is -0.300. The summed E-state index contributed by atoms with van der Waals surface area (Å²) in [5.74, 6) is 3.13. The first-order chi connectivity index (χ1) is 8.13. The molecule has 4 fully saturated rings. The molecule has 0 saturated heterocycles. The minimum atomic E-state index is 0.580. The fourth-order valence-corrected chi connectivity index (χ4v) is 5.65. The van der Waals surface area contributed by atoms with Gasteiger partial charge >= 0.3 is 0 Å². The molecule has 0 heterocycles. The van der Waals surface area contributed by atoms with Gasteiger partial charge in [0, 0.05) is 6.04 Å². The van der Waals surface area contributed by atoms with E-state index in [1.54, 1.807) is 0 Å². The molecule has 1 N–H and O–H groups in total. The fourth-order valence-electron chi connectivity index (χ4n) is 5.65. The Morgan fingerprint density at radius 3 is 2.00 bits per heavy atom. The molecule has 4 aliphatic rings. The van der Waals surface area contributed by atoms with Crippen LogP contribution in [0, 0.1) is 23.2 Å². The molecule has 17 heavy (non-hydrogen) atoms. The van der Waals surface area contributed by atoms with Crippen molar-refractivity contribution in [3.8, 4) is 0 Å². The van der Waals surface area contributed by atoms with Crippen molar-refractivity contribution >= 4 is 0 Å². The molecule has 4 saturated carbocycles. The van der Waals surface area contributed by atoms with Crippen LogP contribution < -0.4 is 5.32 Å². The molecule has 4 bridgehead atoms. The van der Waals surface area contributed by atoms with Crippen LogP contribution >= 0.6 is 0 Å². The summed E-state index contributed by atoms with van der Waals surface area (Å²) in [5, 5.41) is 3.74. The highest BCUT2D eigenvalue weighted by atomic mass is 14.9. The Bertz CT molecular complexity index is 282. The van der Waals surface area contributed by atoms with Gasteiger partial charge in [-0.2, -0.15) is 0 Å². The zero-order chi connectivity index (χ0) is 12.0. The van der Waals surface area contributed by atoms with Crippen LogP contribution in [-0.4, -0.2) is 12.6 Å². The van der Waals surface area contributed by atoms with Gasteiger partial charge in [-0.1, -0.05) is 19.1 Å². The van der Waals surface area contributed by atoms with E-state index in [-0.39, 0.29) is 0 Å². The summed E-state index contributed by atoms with van der Waals surface area (Å²) >= 11 is 0. The maximum absolute atomic E-state index is 4.27. The van der Waals surface area contributed by atoms with Gasteiger partial charge in [0.25, 0.3) is 0 Å². The number of hydrogen-bond donors (Lipinski definition) is 1. The average Bonchev–Trinajstić information content (AvgIpc) is 2.23. The van der Waals surface area contributed by atoms with Gasteiger partial charge in [0.2, 0.25) is 0 Å². The summed E-state index contributed by atoms with van der Waals surface area (Å²) < 4.78 is 0. The van der Waals surface area contributed by atoms with E-state index in [0.717, 1.165) is 24.3 Å². The van der Waals surface area contributed by atoms with Crippen LogP contribution in [0.1, 0.15) is 52.4 Å². The lowest BCUT2D eigenvalue weighted by Crippen LogP contribution is -2.56. The first kappa shape index (κ1) is 11.8. The van der Waals surface area contributed by atoms with Crippen molar-refractivity contribution < 1.29 is 0 Å². The smallest absolute Gasteiger partial charge is 0.0331 e. The Labute approximate surface area is 106 Å². The highest BCUT2D eigenvalue weighted by Crippen LogP contribution is 2.61. The molecule has 1 atom stereocenters. The highest BCUT2D eigenvalue weighted by molar-refractivity contribution is 5.15. The van der Waals surface area contributed by atoms with Crippen LogP contribution in [0.5, 0.6) is 0 Å². The van der Waals surface area contributed by atoms with Crippen molar-refractivity contribution in [2.24, 2.45) is 23.2 Å². The molecule has 96 valence electrons. The summed E-state index contributed by atoms with van der Waals surface area (Å²) in [5.41, 5.74) is 1.95. The minimum Gasteiger partial charge on any atom is -0.310 e. The number of nitrogens with one attached hydrogen (secondary N) is 1. The van der Waals surface area contributed by atoms with Gasteiger partial charge in [-0.05, 0) is 75.2 Å². The summed E-state index contributed by atoms with van der Waals surface area (Å²) in [4.78, 5) is 0. The van der Waals surface area contributed by atoms with E-state index in [0.29, 0.717) is 11.5 Å². The van der Waals surface area contributed by atoms with Crippen LogP contribution in [-0.2, 0) is 0 Å². The number of hydrogen-bond acceptors (Lipinski definition) is 1. The lowest BCUT2D eigenvalue weighted by molar-refractivity contribution is -0.0666. The van der Waals surface area contributed by atoms with Crippen LogP contribution in [0.25, 0.3) is 0 Å². The molecule has 0 amide bonds. The van der Waals surface area contributed by atoms with Gasteiger partial charge < -0.3 is 5.32 Å². The van der Waals surface area contributed by atoms with E-state index < -0.39 is 0 Å². The summed E-state index contributed by atoms with van der Waals surface area (Å²) in [6, 6.07) is 0.584. The van der Waals surface area contributed by atoms with Crippen LogP contribution in [0.3, 0.4) is 0 Å². The highest BCUT2D eigenvalue weighted by Gasteiger charge is 2.54. The molecule has 1 nitrogen and oxygen atoms in total. The van der Waals surface area contributed by atoms with Crippen molar-refractivity contribution in [2.75, 3.05) is 6.54 Å². The van der Waals surface area contributed by atoms with Crippen molar-refractivity contribution in [3.63, 3.8) is 0 Å². The summed E-state index contributed by atoms with van der Waals surface area (Å²) in [7, 11) is 0. The predicted molar refractivity (Wildman–Crippen MR) is 72.9 cm³/mol. The Morgan fingerprint density at radius 2 is 1.65 bits per heavy atom. The zero-order valence-electron chi connectivity index (χ0n) is 11.5. The van der Waals surface area contributed by atoms with E-state index in [1.165, 1.54) is 44.1 Å². The Morgan fingerprint density at radius 1 is 1.18 bits per heavy atom. The molecule has 0 radical (unpaired) electrons. The topological polar surface area (TPSA) is 12.0 Å². The van der Waals surface area contributed by atoms with Crippen molar-refractivity contribution in [1.82, 2.24) is 5.32 Å². The quantitative estimate of drug-likeness (QED) is 0.729. The Kier molecular flexibility index (Phi) is 2.85. The predicted octanol–water partition coefficient (Wildman–Crippen LogP) is 3.76. The van der Waals surface area contributed by atoms with E-state index in [4.69, 9.17) is 0 Å². The van der Waals surface area contributed by atoms with Crippen LogP contribution in [0.15, 0.2) is 12.2 Å². The molecular weight excluding hydrogens is 206 g/mol. The second-order valence-corrected chi connectivity index (χ2v) is 7.12. The van der Waals surface area contributed by atoms with Crippen molar-refractivity contribution in [2.45, 2.75) is 58.4 Å². The first-order valence-corrected chi connectivity index (χ1v) is 7.52. The van der Waals surface area contributed by atoms with Gasteiger partial charge in [-0.15, -0.1) is 0 Å². The molecule has 4 rings (SSSR count). The lowest BCUT2D eigenvalue weighted by atomic mass is 9.47. The fraction of sp³-hybridized carbons (Fsp3) is 0.875. The standard InChI is InChI=1S/C16H27N/c1-4-17-15(11(2)3)16-8-12-5-13(9-16)7-14(6-12)10-16/h12-15,17H,2,4-10H2,1,3H3. The van der Waals surface area contributed by atoms with Gasteiger partial charge in [-0.3, -0.25) is 0 Å². The lowest BCUT2D eigenvalue weighted by Gasteiger charge is -2.59. The maximum Gasteiger partial charge on any atom is 0.0331 e. The van der Waals surface area contributed by atoms with E-state index in [9.17, 15) is 0 Å². The van der Waals surface area contributed by atoms with E-state index >= 15 is 0 Å². The monoisotopic (exact) mass is 233 g/mol. The second kappa shape index (κ2) is 4.12. The third-order valence-corrected chi connectivity index (χ3v) is 5.60. The molecule has 4 aliphatic carbocycles. The summed E-state index contributed by atoms with van der Waals surface area (Å²) in [6.45, 7) is 9.81. The van der Waals surface area contributed by atoms with Gasteiger partial charge in [-0.25, -0.2) is 0 Å². The SMILES string of the molecule is C=C(C)C(NCC)C12CC3CC(CC(C3)C1)C2. The molecule has 0 spiro atoms. The average molecular weight is 233 g/mol. The molecule has 0 aromatic rings. The molecule has 1 unspecified atom stereocenters. The van der Waals surface area contributed by atoms with Gasteiger partial charge in [0.1, 0.15) is 0 Å². The van der Waals surface area contributed by atoms with Crippen molar-refractivity contribution in [1.29, 1.82) is 0 Å². The van der Waals surface area contributed by atoms with E-state index in [1.807, 2.05) is 0 Å². The zero-order valence-corrected chi connectivity index (χ0v) is 11.5.